The third kappa shape index (κ3) is 3.86. The number of halogens is 1. The SMILES string of the molecule is C=C(C)c1ccc(Br)c2cnc(Nc3ccnc(N4CCC(O)CC4)c3)nc12. The fourth-order valence-electron chi connectivity index (χ4n) is 3.38. The second-order valence-corrected chi connectivity index (χ2v) is 7.93. The standard InChI is InChI=1S/C21H22BrN5O/c1-13(2)16-3-4-18(22)17-12-24-21(26-20(16)17)25-14-5-8-23-19(11-14)27-9-6-15(28)7-10-27/h3-5,8,11-12,15,28H,1,6-7,9-10H2,2H3,(H,23,24,25,26). The van der Waals surface area contributed by atoms with Gasteiger partial charge in [0.25, 0.3) is 0 Å². The molecule has 1 saturated heterocycles. The van der Waals surface area contributed by atoms with E-state index in [-0.39, 0.29) is 6.10 Å². The summed E-state index contributed by atoms with van der Waals surface area (Å²) in [6, 6.07) is 7.90. The Morgan fingerprint density at radius 3 is 2.79 bits per heavy atom. The van der Waals surface area contributed by atoms with Crippen molar-refractivity contribution >= 4 is 49.9 Å². The van der Waals surface area contributed by atoms with E-state index in [2.05, 4.69) is 42.7 Å². The third-order valence-electron chi connectivity index (χ3n) is 4.95. The van der Waals surface area contributed by atoms with E-state index in [9.17, 15) is 5.11 Å². The Hall–Kier alpha value is -2.51. The Bertz CT molecular complexity index is 1030. The number of pyridine rings is 1. The van der Waals surface area contributed by atoms with E-state index in [1.54, 1.807) is 6.20 Å². The maximum atomic E-state index is 9.71. The first kappa shape index (κ1) is 18.8. The van der Waals surface area contributed by atoms with E-state index in [0.29, 0.717) is 5.95 Å². The largest absolute Gasteiger partial charge is 0.393 e. The summed E-state index contributed by atoms with van der Waals surface area (Å²) in [4.78, 5) is 15.9. The Morgan fingerprint density at radius 2 is 2.04 bits per heavy atom. The smallest absolute Gasteiger partial charge is 0.227 e. The van der Waals surface area contributed by atoms with Gasteiger partial charge in [0.2, 0.25) is 5.95 Å². The van der Waals surface area contributed by atoms with Gasteiger partial charge in [-0.05, 0) is 37.5 Å². The van der Waals surface area contributed by atoms with Crippen molar-refractivity contribution in [2.24, 2.45) is 0 Å². The van der Waals surface area contributed by atoms with Gasteiger partial charge in [-0.2, -0.15) is 0 Å². The van der Waals surface area contributed by atoms with E-state index < -0.39 is 0 Å². The van der Waals surface area contributed by atoms with Gasteiger partial charge in [0.05, 0.1) is 11.6 Å². The zero-order chi connectivity index (χ0) is 19.7. The maximum Gasteiger partial charge on any atom is 0.227 e. The van der Waals surface area contributed by atoms with Crippen LogP contribution in [0.4, 0.5) is 17.5 Å². The molecule has 28 heavy (non-hydrogen) atoms. The summed E-state index contributed by atoms with van der Waals surface area (Å²) in [7, 11) is 0. The maximum absolute atomic E-state index is 9.71. The van der Waals surface area contributed by atoms with Crippen LogP contribution >= 0.6 is 15.9 Å². The first-order valence-electron chi connectivity index (χ1n) is 9.28. The summed E-state index contributed by atoms with van der Waals surface area (Å²) >= 11 is 3.57. The fraction of sp³-hybridized carbons (Fsp3) is 0.286. The van der Waals surface area contributed by atoms with Gasteiger partial charge in [-0.3, -0.25) is 0 Å². The van der Waals surface area contributed by atoms with Crippen LogP contribution in [-0.2, 0) is 0 Å². The van der Waals surface area contributed by atoms with Crippen LogP contribution in [0.5, 0.6) is 0 Å². The molecule has 0 bridgehead atoms. The number of aromatic nitrogens is 3. The molecule has 4 rings (SSSR count). The highest BCUT2D eigenvalue weighted by Crippen LogP contribution is 2.30. The van der Waals surface area contributed by atoms with Crippen LogP contribution in [0.2, 0.25) is 0 Å². The number of allylic oxidation sites excluding steroid dienone is 1. The van der Waals surface area contributed by atoms with Crippen LogP contribution in [-0.4, -0.2) is 39.3 Å². The molecule has 0 atom stereocenters. The highest BCUT2D eigenvalue weighted by atomic mass is 79.9. The number of aliphatic hydroxyl groups excluding tert-OH is 1. The molecule has 3 aromatic rings. The van der Waals surface area contributed by atoms with E-state index in [1.165, 1.54) is 0 Å². The van der Waals surface area contributed by atoms with Crippen molar-refractivity contribution in [2.45, 2.75) is 25.9 Å². The molecule has 0 amide bonds. The van der Waals surface area contributed by atoms with Gasteiger partial charge in [0.15, 0.2) is 0 Å². The molecule has 1 aromatic carbocycles. The van der Waals surface area contributed by atoms with Crippen molar-refractivity contribution in [1.29, 1.82) is 0 Å². The number of piperidine rings is 1. The third-order valence-corrected chi connectivity index (χ3v) is 5.64. The molecule has 0 aliphatic carbocycles. The van der Waals surface area contributed by atoms with Crippen LogP contribution in [0, 0.1) is 0 Å². The van der Waals surface area contributed by atoms with Gasteiger partial charge in [-0.1, -0.05) is 28.6 Å². The predicted octanol–water partition coefficient (Wildman–Crippen LogP) is 4.53. The zero-order valence-corrected chi connectivity index (χ0v) is 17.3. The lowest BCUT2D eigenvalue weighted by atomic mass is 10.1. The predicted molar refractivity (Wildman–Crippen MR) is 117 cm³/mol. The van der Waals surface area contributed by atoms with Crippen molar-refractivity contribution < 1.29 is 5.11 Å². The monoisotopic (exact) mass is 439 g/mol. The molecule has 144 valence electrons. The second kappa shape index (κ2) is 7.85. The van der Waals surface area contributed by atoms with Gasteiger partial charge >= 0.3 is 0 Å². The average molecular weight is 440 g/mol. The van der Waals surface area contributed by atoms with Crippen molar-refractivity contribution in [3.63, 3.8) is 0 Å². The minimum absolute atomic E-state index is 0.203. The highest BCUT2D eigenvalue weighted by Gasteiger charge is 2.18. The van der Waals surface area contributed by atoms with Crippen LogP contribution in [0.15, 0.2) is 47.7 Å². The number of anilines is 3. The van der Waals surface area contributed by atoms with Crippen molar-refractivity contribution in [2.75, 3.05) is 23.3 Å². The minimum atomic E-state index is -0.203. The molecule has 0 saturated carbocycles. The molecule has 2 N–H and O–H groups in total. The van der Waals surface area contributed by atoms with Gasteiger partial charge in [-0.25, -0.2) is 15.0 Å². The molecule has 0 radical (unpaired) electrons. The molecule has 2 aromatic heterocycles. The molecular weight excluding hydrogens is 418 g/mol. The number of hydrogen-bond acceptors (Lipinski definition) is 6. The van der Waals surface area contributed by atoms with Gasteiger partial charge < -0.3 is 15.3 Å². The normalized spacial score (nSPS) is 15.0. The van der Waals surface area contributed by atoms with Gasteiger partial charge in [0, 0.05) is 52.7 Å². The Balaban J connectivity index is 1.62. The van der Waals surface area contributed by atoms with Crippen molar-refractivity contribution in [1.82, 2.24) is 15.0 Å². The van der Waals surface area contributed by atoms with E-state index in [1.807, 2.05) is 37.4 Å². The summed E-state index contributed by atoms with van der Waals surface area (Å²) in [6.07, 6.45) is 4.93. The number of hydrogen-bond donors (Lipinski definition) is 2. The lowest BCUT2D eigenvalue weighted by Crippen LogP contribution is -2.36. The Labute approximate surface area is 172 Å². The first-order chi connectivity index (χ1) is 13.5. The molecule has 1 fully saturated rings. The van der Waals surface area contributed by atoms with Crippen molar-refractivity contribution in [3.8, 4) is 0 Å². The molecule has 1 aliphatic rings. The molecule has 3 heterocycles. The van der Waals surface area contributed by atoms with Crippen LogP contribution in [0.3, 0.4) is 0 Å². The summed E-state index contributed by atoms with van der Waals surface area (Å²) in [5.41, 5.74) is 3.70. The minimum Gasteiger partial charge on any atom is -0.393 e. The molecule has 7 heteroatoms. The van der Waals surface area contributed by atoms with Crippen LogP contribution in [0.25, 0.3) is 16.5 Å². The Kier molecular flexibility index (Phi) is 5.28. The first-order valence-corrected chi connectivity index (χ1v) is 10.1. The summed E-state index contributed by atoms with van der Waals surface area (Å²) < 4.78 is 0.956. The van der Waals surface area contributed by atoms with Crippen LogP contribution in [0.1, 0.15) is 25.3 Å². The molecule has 0 spiro atoms. The van der Waals surface area contributed by atoms with E-state index in [4.69, 9.17) is 4.98 Å². The highest BCUT2D eigenvalue weighted by molar-refractivity contribution is 9.10. The van der Waals surface area contributed by atoms with E-state index in [0.717, 1.165) is 63.9 Å². The molecule has 0 unspecified atom stereocenters. The quantitative estimate of drug-likeness (QED) is 0.621. The van der Waals surface area contributed by atoms with Gasteiger partial charge in [0.1, 0.15) is 5.82 Å². The number of nitrogens with zero attached hydrogens (tertiary/aromatic N) is 4. The fourth-order valence-corrected chi connectivity index (χ4v) is 3.81. The zero-order valence-electron chi connectivity index (χ0n) is 15.7. The molecule has 6 nitrogen and oxygen atoms in total. The lowest BCUT2D eigenvalue weighted by molar-refractivity contribution is 0.145. The van der Waals surface area contributed by atoms with E-state index >= 15 is 0 Å². The molecular formula is C21H22BrN5O. The Morgan fingerprint density at radius 1 is 1.25 bits per heavy atom. The number of nitrogens with one attached hydrogen (secondary N) is 1. The average Bonchev–Trinajstić information content (AvgIpc) is 2.69. The number of benzene rings is 1. The number of rotatable bonds is 4. The summed E-state index contributed by atoms with van der Waals surface area (Å²) in [6.45, 7) is 7.65. The molecule has 1 aliphatic heterocycles. The summed E-state index contributed by atoms with van der Waals surface area (Å²) in [5.74, 6) is 1.42. The topological polar surface area (TPSA) is 74.2 Å². The lowest BCUT2D eigenvalue weighted by Gasteiger charge is -2.30. The second-order valence-electron chi connectivity index (χ2n) is 7.08. The summed E-state index contributed by atoms with van der Waals surface area (Å²) in [5, 5.41) is 13.9. The number of aliphatic hydroxyl groups is 1. The van der Waals surface area contributed by atoms with Crippen molar-refractivity contribution in [3.05, 3.63) is 53.3 Å². The van der Waals surface area contributed by atoms with Gasteiger partial charge in [-0.15, -0.1) is 0 Å². The number of fused-ring (bicyclic) bond motifs is 1. The van der Waals surface area contributed by atoms with Crippen LogP contribution < -0.4 is 10.2 Å².